The van der Waals surface area contributed by atoms with E-state index in [0.29, 0.717) is 5.71 Å². The van der Waals surface area contributed by atoms with Gasteiger partial charge in [-0.2, -0.15) is 0 Å². The van der Waals surface area contributed by atoms with Gasteiger partial charge in [0.15, 0.2) is 0 Å². The van der Waals surface area contributed by atoms with Crippen LogP contribution in [0.2, 0.25) is 0 Å². The number of rotatable bonds is 0. The van der Waals surface area contributed by atoms with Gasteiger partial charge < -0.3 is 5.41 Å². The number of hydrogen-bond acceptors (Lipinski definition) is 1. The molecule has 0 bridgehead atoms. The van der Waals surface area contributed by atoms with E-state index in [9.17, 15) is 0 Å². The Morgan fingerprint density at radius 3 is 2.67 bits per heavy atom. The number of nitrogens with one attached hydrogen (secondary N) is 1. The third kappa shape index (κ3) is 0.992. The average molecular weight is 119 g/mol. The van der Waals surface area contributed by atoms with Crippen molar-refractivity contribution in [3.05, 3.63) is 36.0 Å². The van der Waals surface area contributed by atoms with Gasteiger partial charge in [-0.3, -0.25) is 0 Å². The summed E-state index contributed by atoms with van der Waals surface area (Å²) in [4.78, 5) is 0. The second-order valence-electron chi connectivity index (χ2n) is 2.10. The van der Waals surface area contributed by atoms with Crippen molar-refractivity contribution in [2.45, 2.75) is 6.92 Å². The normalized spacial score (nSPS) is 18.1. The van der Waals surface area contributed by atoms with E-state index in [-0.39, 0.29) is 0 Å². The van der Waals surface area contributed by atoms with Gasteiger partial charge in [-0.25, -0.2) is 0 Å². The van der Waals surface area contributed by atoms with Crippen LogP contribution in [0.25, 0.3) is 0 Å². The Balaban J connectivity index is 3.00. The molecular formula is C8H9N. The van der Waals surface area contributed by atoms with Crippen molar-refractivity contribution in [1.29, 1.82) is 5.41 Å². The molecule has 46 valence electrons. The summed E-state index contributed by atoms with van der Waals surface area (Å²) in [5, 5.41) is 7.30. The lowest BCUT2D eigenvalue weighted by Gasteiger charge is -2.06. The van der Waals surface area contributed by atoms with Gasteiger partial charge >= 0.3 is 0 Å². The van der Waals surface area contributed by atoms with Gasteiger partial charge in [0.05, 0.1) is 5.71 Å². The van der Waals surface area contributed by atoms with Crippen LogP contribution in [0.5, 0.6) is 0 Å². The summed E-state index contributed by atoms with van der Waals surface area (Å²) >= 11 is 0. The summed E-state index contributed by atoms with van der Waals surface area (Å²) in [6.07, 6.45) is 5.57. The van der Waals surface area contributed by atoms with Crippen molar-refractivity contribution >= 4 is 5.71 Å². The lowest BCUT2D eigenvalue weighted by atomic mass is 10.00. The van der Waals surface area contributed by atoms with E-state index < -0.39 is 0 Å². The third-order valence-electron chi connectivity index (χ3n) is 1.41. The van der Waals surface area contributed by atoms with E-state index >= 15 is 0 Å². The van der Waals surface area contributed by atoms with Crippen molar-refractivity contribution in [2.75, 3.05) is 0 Å². The first-order valence-corrected chi connectivity index (χ1v) is 2.85. The monoisotopic (exact) mass is 119 g/mol. The molecule has 1 N–H and O–H groups in total. The third-order valence-corrected chi connectivity index (χ3v) is 1.41. The quantitative estimate of drug-likeness (QED) is 0.504. The fraction of sp³-hybridized carbons (Fsp3) is 0.125. The summed E-state index contributed by atoms with van der Waals surface area (Å²) in [7, 11) is 0. The minimum absolute atomic E-state index is 0.523. The van der Waals surface area contributed by atoms with Crippen LogP contribution < -0.4 is 0 Å². The fourth-order valence-electron chi connectivity index (χ4n) is 0.702. The Bertz CT molecular complexity index is 219. The minimum Gasteiger partial charge on any atom is -0.300 e. The maximum absolute atomic E-state index is 7.30. The highest BCUT2D eigenvalue weighted by Gasteiger charge is 2.02. The SMILES string of the molecule is C=C1C(=N)C=CC=C1C. The fourth-order valence-corrected chi connectivity index (χ4v) is 0.702. The first kappa shape index (κ1) is 6.02. The summed E-state index contributed by atoms with van der Waals surface area (Å²) in [5.41, 5.74) is 2.44. The van der Waals surface area contributed by atoms with Crippen molar-refractivity contribution in [2.24, 2.45) is 0 Å². The second-order valence-corrected chi connectivity index (χ2v) is 2.10. The molecule has 1 aliphatic carbocycles. The van der Waals surface area contributed by atoms with Gasteiger partial charge in [-0.1, -0.05) is 18.7 Å². The van der Waals surface area contributed by atoms with Crippen molar-refractivity contribution < 1.29 is 0 Å². The van der Waals surface area contributed by atoms with E-state index in [0.717, 1.165) is 11.1 Å². The molecule has 0 atom stereocenters. The summed E-state index contributed by atoms with van der Waals surface area (Å²) in [6.45, 7) is 5.69. The molecule has 9 heavy (non-hydrogen) atoms. The molecule has 0 heterocycles. The zero-order valence-electron chi connectivity index (χ0n) is 5.44. The summed E-state index contributed by atoms with van der Waals surface area (Å²) < 4.78 is 0. The molecule has 0 aromatic carbocycles. The van der Waals surface area contributed by atoms with E-state index in [1.54, 1.807) is 6.08 Å². The molecule has 0 spiro atoms. The predicted octanol–water partition coefficient (Wildman–Crippen LogP) is 2.08. The molecule has 0 saturated carbocycles. The molecule has 1 heteroatoms. The van der Waals surface area contributed by atoms with Crippen LogP contribution in [0.15, 0.2) is 36.0 Å². The maximum atomic E-state index is 7.30. The number of hydrogen-bond donors (Lipinski definition) is 1. The van der Waals surface area contributed by atoms with E-state index in [1.807, 2.05) is 19.1 Å². The van der Waals surface area contributed by atoms with Gasteiger partial charge in [-0.15, -0.1) is 0 Å². The number of allylic oxidation sites excluding steroid dienone is 5. The van der Waals surface area contributed by atoms with E-state index in [2.05, 4.69) is 6.58 Å². The molecule has 1 aliphatic rings. The van der Waals surface area contributed by atoms with E-state index in [4.69, 9.17) is 5.41 Å². The Morgan fingerprint density at radius 1 is 1.56 bits per heavy atom. The zero-order chi connectivity index (χ0) is 6.85. The van der Waals surface area contributed by atoms with Crippen LogP contribution in [0, 0.1) is 5.41 Å². The topological polar surface area (TPSA) is 23.9 Å². The Labute approximate surface area is 54.9 Å². The molecule has 0 aliphatic heterocycles. The second kappa shape index (κ2) is 2.02. The molecule has 0 radical (unpaired) electrons. The highest BCUT2D eigenvalue weighted by atomic mass is 14.4. The van der Waals surface area contributed by atoms with Crippen LogP contribution in [0.1, 0.15) is 6.92 Å². The Hall–Kier alpha value is -1.11. The van der Waals surface area contributed by atoms with Gasteiger partial charge in [0.1, 0.15) is 0 Å². The molecule has 0 amide bonds. The summed E-state index contributed by atoms with van der Waals surface area (Å²) in [6, 6.07) is 0. The smallest absolute Gasteiger partial charge is 0.0608 e. The zero-order valence-corrected chi connectivity index (χ0v) is 5.44. The molecule has 0 aromatic rings. The van der Waals surface area contributed by atoms with Crippen molar-refractivity contribution in [3.8, 4) is 0 Å². The van der Waals surface area contributed by atoms with Gasteiger partial charge in [-0.05, 0) is 24.1 Å². The van der Waals surface area contributed by atoms with Crippen LogP contribution in [-0.4, -0.2) is 5.71 Å². The van der Waals surface area contributed by atoms with Crippen LogP contribution in [-0.2, 0) is 0 Å². The van der Waals surface area contributed by atoms with E-state index in [1.165, 1.54) is 0 Å². The molecule has 1 rings (SSSR count). The van der Waals surface area contributed by atoms with Crippen molar-refractivity contribution in [1.82, 2.24) is 0 Å². The molecule has 0 aromatic heterocycles. The highest BCUT2D eigenvalue weighted by Crippen LogP contribution is 2.12. The summed E-state index contributed by atoms with van der Waals surface area (Å²) in [5.74, 6) is 0. The highest BCUT2D eigenvalue weighted by molar-refractivity contribution is 6.10. The van der Waals surface area contributed by atoms with Gasteiger partial charge in [0.25, 0.3) is 0 Å². The molecule has 1 nitrogen and oxygen atoms in total. The average Bonchev–Trinajstić information content (AvgIpc) is 1.83. The standard InChI is InChI=1S/C8H9N/c1-6-4-3-5-8(9)7(6)2/h3-5,9H,2H2,1H3. The maximum Gasteiger partial charge on any atom is 0.0608 e. The molecular weight excluding hydrogens is 110 g/mol. The molecule has 0 saturated heterocycles. The lowest BCUT2D eigenvalue weighted by molar-refractivity contribution is 1.41. The minimum atomic E-state index is 0.523. The molecule has 0 unspecified atom stereocenters. The first-order chi connectivity index (χ1) is 4.22. The first-order valence-electron chi connectivity index (χ1n) is 2.85. The lowest BCUT2D eigenvalue weighted by Crippen LogP contribution is -1.99. The Kier molecular flexibility index (Phi) is 1.35. The Morgan fingerprint density at radius 2 is 2.22 bits per heavy atom. The largest absolute Gasteiger partial charge is 0.300 e. The van der Waals surface area contributed by atoms with Crippen LogP contribution in [0.4, 0.5) is 0 Å². The van der Waals surface area contributed by atoms with Gasteiger partial charge in [0, 0.05) is 0 Å². The van der Waals surface area contributed by atoms with Crippen molar-refractivity contribution in [3.63, 3.8) is 0 Å². The van der Waals surface area contributed by atoms with Gasteiger partial charge in [0.2, 0.25) is 0 Å². The predicted molar refractivity (Wildman–Crippen MR) is 39.8 cm³/mol. The van der Waals surface area contributed by atoms with Crippen LogP contribution in [0.3, 0.4) is 0 Å². The molecule has 0 fully saturated rings. The van der Waals surface area contributed by atoms with Crippen LogP contribution >= 0.6 is 0 Å².